The molecule has 1 aliphatic carbocycles. The highest BCUT2D eigenvalue weighted by Gasteiger charge is 2.45. The van der Waals surface area contributed by atoms with Crippen molar-refractivity contribution in [2.75, 3.05) is 40.8 Å². The van der Waals surface area contributed by atoms with Crippen LogP contribution in [-0.4, -0.2) is 76.1 Å². The summed E-state index contributed by atoms with van der Waals surface area (Å²) in [5, 5.41) is 19.8. The van der Waals surface area contributed by atoms with Crippen molar-refractivity contribution >= 4 is 11.9 Å². The first-order chi connectivity index (χ1) is 19.7. The van der Waals surface area contributed by atoms with Crippen LogP contribution in [0.25, 0.3) is 0 Å². The number of hydrogen-bond donors (Lipinski definition) is 4. The highest BCUT2D eigenvalue weighted by Crippen LogP contribution is 2.46. The second-order valence-electron chi connectivity index (χ2n) is 12.2. The number of hydrogen-bond acceptors (Lipinski definition) is 9. The SMILES string of the molecule is CCC1(CCC(CC(OC(=O)C(CNC)NC)C2(Cc3ccc(O)c(OC)c3)CCNCC2)OC(C)=O)CCCC1. The Morgan fingerprint density at radius 3 is 2.39 bits per heavy atom. The van der Waals surface area contributed by atoms with Crippen molar-refractivity contribution < 1.29 is 28.9 Å². The summed E-state index contributed by atoms with van der Waals surface area (Å²) in [6.07, 6.45) is 9.76. The minimum absolute atomic E-state index is 0.0919. The zero-order chi connectivity index (χ0) is 29.9. The quantitative estimate of drug-likeness (QED) is 0.216. The lowest BCUT2D eigenvalue weighted by molar-refractivity contribution is -0.166. The Balaban J connectivity index is 1.95. The fourth-order valence-electron chi connectivity index (χ4n) is 7.00. The Labute approximate surface area is 246 Å². The monoisotopic (exact) mass is 575 g/mol. The van der Waals surface area contributed by atoms with Gasteiger partial charge < -0.3 is 35.3 Å². The summed E-state index contributed by atoms with van der Waals surface area (Å²) < 4.78 is 17.8. The van der Waals surface area contributed by atoms with Crippen LogP contribution in [0.2, 0.25) is 0 Å². The van der Waals surface area contributed by atoms with E-state index in [-0.39, 0.29) is 29.2 Å². The summed E-state index contributed by atoms with van der Waals surface area (Å²) in [4.78, 5) is 25.8. The average Bonchev–Trinajstić information content (AvgIpc) is 3.45. The molecule has 2 aliphatic rings. The van der Waals surface area contributed by atoms with E-state index in [1.165, 1.54) is 32.6 Å². The van der Waals surface area contributed by atoms with Gasteiger partial charge in [0.15, 0.2) is 11.5 Å². The number of carbonyl (C=O) groups excluding carboxylic acids is 2. The number of methoxy groups -OCH3 is 1. The second kappa shape index (κ2) is 15.8. The first-order valence-corrected chi connectivity index (χ1v) is 15.5. The van der Waals surface area contributed by atoms with E-state index in [9.17, 15) is 14.7 Å². The molecule has 0 amide bonds. The van der Waals surface area contributed by atoms with Gasteiger partial charge in [0.25, 0.3) is 0 Å². The minimum Gasteiger partial charge on any atom is -0.504 e. The third kappa shape index (κ3) is 9.06. The van der Waals surface area contributed by atoms with Crippen LogP contribution in [0.15, 0.2) is 18.2 Å². The molecule has 1 aromatic carbocycles. The highest BCUT2D eigenvalue weighted by molar-refractivity contribution is 5.76. The third-order valence-corrected chi connectivity index (χ3v) is 9.60. The van der Waals surface area contributed by atoms with Crippen molar-refractivity contribution in [3.8, 4) is 11.5 Å². The summed E-state index contributed by atoms with van der Waals surface area (Å²) in [6, 6.07) is 4.93. The normalized spacial score (nSPS) is 20.1. The number of nitrogens with one attached hydrogen (secondary N) is 3. The lowest BCUT2D eigenvalue weighted by atomic mass is 9.68. The van der Waals surface area contributed by atoms with Crippen LogP contribution >= 0.6 is 0 Å². The summed E-state index contributed by atoms with van der Waals surface area (Å²) in [6.45, 7) is 5.77. The Morgan fingerprint density at radius 2 is 1.80 bits per heavy atom. The number of esters is 2. The van der Waals surface area contributed by atoms with Gasteiger partial charge in [-0.3, -0.25) is 9.59 Å². The van der Waals surface area contributed by atoms with Crippen LogP contribution in [-0.2, 0) is 25.5 Å². The molecule has 1 saturated carbocycles. The van der Waals surface area contributed by atoms with Gasteiger partial charge in [0.2, 0.25) is 0 Å². The molecule has 3 atom stereocenters. The van der Waals surface area contributed by atoms with E-state index in [0.29, 0.717) is 30.6 Å². The van der Waals surface area contributed by atoms with E-state index in [4.69, 9.17) is 14.2 Å². The minimum atomic E-state index is -0.496. The Morgan fingerprint density at radius 1 is 1.10 bits per heavy atom. The Kier molecular flexibility index (Phi) is 12.7. The summed E-state index contributed by atoms with van der Waals surface area (Å²) >= 11 is 0. The van der Waals surface area contributed by atoms with Crippen molar-refractivity contribution in [1.29, 1.82) is 0 Å². The predicted octanol–water partition coefficient (Wildman–Crippen LogP) is 4.10. The standard InChI is InChI=1S/C32H53N3O6/c1-6-31(12-7-8-13-31)14-11-25(40-23(2)36)20-29(41-30(38)26(34-4)22-33-3)32(15-17-35-18-16-32)21-24-9-10-27(37)28(19-24)39-5/h9-10,19,25-26,29,33-35,37H,6-8,11-18,20-22H2,1-5H3. The highest BCUT2D eigenvalue weighted by atomic mass is 16.6. The van der Waals surface area contributed by atoms with Gasteiger partial charge in [-0.05, 0) is 95.2 Å². The molecule has 0 radical (unpaired) electrons. The number of ether oxygens (including phenoxy) is 3. The lowest BCUT2D eigenvalue weighted by Gasteiger charge is -2.45. The van der Waals surface area contributed by atoms with Gasteiger partial charge in [-0.25, -0.2) is 0 Å². The predicted molar refractivity (Wildman–Crippen MR) is 160 cm³/mol. The molecule has 3 unspecified atom stereocenters. The van der Waals surface area contributed by atoms with E-state index < -0.39 is 12.1 Å². The molecule has 4 N–H and O–H groups in total. The number of carbonyl (C=O) groups is 2. The third-order valence-electron chi connectivity index (χ3n) is 9.60. The molecule has 2 fully saturated rings. The molecule has 0 spiro atoms. The van der Waals surface area contributed by atoms with Crippen molar-refractivity contribution in [3.63, 3.8) is 0 Å². The van der Waals surface area contributed by atoms with Gasteiger partial charge in [-0.2, -0.15) is 0 Å². The smallest absolute Gasteiger partial charge is 0.324 e. The fraction of sp³-hybridized carbons (Fsp3) is 0.750. The van der Waals surface area contributed by atoms with Crippen LogP contribution in [0.3, 0.4) is 0 Å². The number of phenolic OH excluding ortho intramolecular Hbond substituents is 1. The van der Waals surface area contributed by atoms with E-state index in [1.807, 2.05) is 19.2 Å². The van der Waals surface area contributed by atoms with E-state index in [2.05, 4.69) is 22.9 Å². The molecular weight excluding hydrogens is 522 g/mol. The lowest BCUT2D eigenvalue weighted by Crippen LogP contribution is -2.52. The van der Waals surface area contributed by atoms with Crippen LogP contribution in [0.1, 0.15) is 83.6 Å². The Hall–Kier alpha value is -2.36. The molecule has 1 heterocycles. The van der Waals surface area contributed by atoms with Crippen molar-refractivity contribution in [1.82, 2.24) is 16.0 Å². The molecule has 41 heavy (non-hydrogen) atoms. The van der Waals surface area contributed by atoms with E-state index in [0.717, 1.165) is 50.8 Å². The number of piperidine rings is 1. The van der Waals surface area contributed by atoms with Crippen LogP contribution in [0.5, 0.6) is 11.5 Å². The van der Waals surface area contributed by atoms with Gasteiger partial charge in [0.1, 0.15) is 18.2 Å². The number of aromatic hydroxyl groups is 1. The zero-order valence-electron chi connectivity index (χ0n) is 25.9. The zero-order valence-corrected chi connectivity index (χ0v) is 25.9. The van der Waals surface area contributed by atoms with Crippen LogP contribution in [0.4, 0.5) is 0 Å². The summed E-state index contributed by atoms with van der Waals surface area (Å²) in [5.74, 6) is -0.101. The van der Waals surface area contributed by atoms with Crippen LogP contribution < -0.4 is 20.7 Å². The molecule has 0 aromatic heterocycles. The van der Waals surface area contributed by atoms with Gasteiger partial charge in [0, 0.05) is 25.3 Å². The first-order valence-electron chi connectivity index (χ1n) is 15.5. The van der Waals surface area contributed by atoms with Crippen molar-refractivity contribution in [2.24, 2.45) is 10.8 Å². The van der Waals surface area contributed by atoms with Gasteiger partial charge >= 0.3 is 11.9 Å². The second-order valence-corrected chi connectivity index (χ2v) is 12.2. The maximum absolute atomic E-state index is 13.5. The van der Waals surface area contributed by atoms with E-state index >= 15 is 0 Å². The summed E-state index contributed by atoms with van der Waals surface area (Å²) in [5.41, 5.74) is 0.932. The maximum Gasteiger partial charge on any atom is 0.324 e. The van der Waals surface area contributed by atoms with Gasteiger partial charge in [-0.15, -0.1) is 0 Å². The number of phenols is 1. The summed E-state index contributed by atoms with van der Waals surface area (Å²) in [7, 11) is 5.11. The van der Waals surface area contributed by atoms with Crippen molar-refractivity contribution in [2.45, 2.75) is 103 Å². The van der Waals surface area contributed by atoms with Gasteiger partial charge in [0.05, 0.1) is 7.11 Å². The number of benzene rings is 1. The maximum atomic E-state index is 13.5. The molecule has 1 saturated heterocycles. The molecule has 1 aliphatic heterocycles. The number of rotatable bonds is 16. The Bertz CT molecular complexity index is 974. The van der Waals surface area contributed by atoms with Crippen LogP contribution in [0, 0.1) is 10.8 Å². The molecule has 9 nitrogen and oxygen atoms in total. The topological polar surface area (TPSA) is 118 Å². The van der Waals surface area contributed by atoms with Gasteiger partial charge in [-0.1, -0.05) is 32.3 Å². The van der Waals surface area contributed by atoms with Crippen molar-refractivity contribution in [3.05, 3.63) is 23.8 Å². The molecule has 0 bridgehead atoms. The molecule has 9 heteroatoms. The molecular formula is C32H53N3O6. The largest absolute Gasteiger partial charge is 0.504 e. The molecule has 3 rings (SSSR count). The fourth-order valence-corrected chi connectivity index (χ4v) is 7.00. The molecule has 1 aromatic rings. The number of likely N-dealkylation sites (N-methyl/N-ethyl adjacent to an activating group) is 2. The average molecular weight is 576 g/mol. The molecule has 232 valence electrons. The first kappa shape index (κ1) is 33.1. The van der Waals surface area contributed by atoms with E-state index in [1.54, 1.807) is 20.2 Å².